The first-order valence-corrected chi connectivity index (χ1v) is 6.57. The Bertz CT molecular complexity index is 439. The molecule has 6 heteroatoms. The van der Waals surface area contributed by atoms with Crippen molar-refractivity contribution in [1.29, 1.82) is 0 Å². The van der Waals surface area contributed by atoms with Crippen LogP contribution < -0.4 is 5.32 Å². The van der Waals surface area contributed by atoms with Gasteiger partial charge in [-0.15, -0.1) is 0 Å². The average Bonchev–Trinajstić information content (AvgIpc) is 2.77. The Kier molecular flexibility index (Phi) is 4.10. The van der Waals surface area contributed by atoms with E-state index in [0.29, 0.717) is 5.56 Å². The van der Waals surface area contributed by atoms with Crippen molar-refractivity contribution in [3.63, 3.8) is 0 Å². The number of hydrogen-bond donors (Lipinski definition) is 2. The summed E-state index contributed by atoms with van der Waals surface area (Å²) in [5.41, 5.74) is -0.140. The van der Waals surface area contributed by atoms with Gasteiger partial charge in [0.15, 0.2) is 0 Å². The van der Waals surface area contributed by atoms with E-state index in [1.165, 1.54) is 12.1 Å². The summed E-state index contributed by atoms with van der Waals surface area (Å²) in [6, 6.07) is 2.92. The summed E-state index contributed by atoms with van der Waals surface area (Å²) in [6.45, 7) is -0.0503. The maximum absolute atomic E-state index is 12.1. The number of carbonyl (C=O) groups excluding carboxylic acids is 1. The highest BCUT2D eigenvalue weighted by molar-refractivity contribution is 6.33. The number of amides is 1. The summed E-state index contributed by atoms with van der Waals surface area (Å²) in [7, 11) is 0. The van der Waals surface area contributed by atoms with Gasteiger partial charge in [0.2, 0.25) is 0 Å². The molecule has 18 heavy (non-hydrogen) atoms. The van der Waals surface area contributed by atoms with E-state index in [1.807, 2.05) is 0 Å². The fourth-order valence-electron chi connectivity index (χ4n) is 2.28. The highest BCUT2D eigenvalue weighted by atomic mass is 35.5. The van der Waals surface area contributed by atoms with Crippen LogP contribution in [-0.4, -0.2) is 28.1 Å². The number of pyridine rings is 1. The third-order valence-corrected chi connectivity index (χ3v) is 3.65. The Morgan fingerprint density at radius 2 is 1.89 bits per heavy atom. The smallest absolute Gasteiger partial charge is 0.252 e. The number of aliphatic hydroxyl groups excluding tert-OH is 1. The summed E-state index contributed by atoms with van der Waals surface area (Å²) >= 11 is 11.5. The quantitative estimate of drug-likeness (QED) is 0.840. The fourth-order valence-corrected chi connectivity index (χ4v) is 2.74. The minimum atomic E-state index is -0.501. The molecule has 1 amide bonds. The van der Waals surface area contributed by atoms with E-state index >= 15 is 0 Å². The van der Waals surface area contributed by atoms with Crippen LogP contribution in [0.3, 0.4) is 0 Å². The molecule has 2 N–H and O–H groups in total. The first-order chi connectivity index (χ1) is 8.54. The molecule has 2 rings (SSSR count). The number of carbonyl (C=O) groups is 1. The van der Waals surface area contributed by atoms with E-state index in [9.17, 15) is 9.90 Å². The zero-order valence-corrected chi connectivity index (χ0v) is 11.3. The van der Waals surface area contributed by atoms with Gasteiger partial charge in [-0.3, -0.25) is 4.79 Å². The highest BCUT2D eigenvalue weighted by Gasteiger charge is 2.34. The second-order valence-electron chi connectivity index (χ2n) is 4.60. The monoisotopic (exact) mass is 288 g/mol. The van der Waals surface area contributed by atoms with E-state index in [4.69, 9.17) is 23.2 Å². The molecule has 4 nitrogen and oxygen atoms in total. The zero-order chi connectivity index (χ0) is 13.2. The van der Waals surface area contributed by atoms with E-state index in [-0.39, 0.29) is 22.8 Å². The van der Waals surface area contributed by atoms with Crippen molar-refractivity contribution in [2.75, 3.05) is 6.61 Å². The molecule has 0 atom stereocenters. The molecular formula is C12H14Cl2N2O2. The van der Waals surface area contributed by atoms with Crippen LogP contribution in [0.2, 0.25) is 10.3 Å². The first kappa shape index (κ1) is 13.6. The molecule has 0 unspecified atom stereocenters. The lowest BCUT2D eigenvalue weighted by Crippen LogP contribution is -2.49. The molecule has 1 heterocycles. The molecule has 1 aromatic rings. The Balaban J connectivity index is 2.16. The van der Waals surface area contributed by atoms with E-state index in [2.05, 4.69) is 10.3 Å². The van der Waals surface area contributed by atoms with Gasteiger partial charge in [0.1, 0.15) is 10.3 Å². The van der Waals surface area contributed by atoms with Gasteiger partial charge in [-0.2, -0.15) is 0 Å². The van der Waals surface area contributed by atoms with Crippen LogP contribution in [0.25, 0.3) is 0 Å². The Morgan fingerprint density at radius 3 is 2.39 bits per heavy atom. The predicted octanol–water partition coefficient (Wildman–Crippen LogP) is 2.42. The van der Waals surface area contributed by atoms with Crippen molar-refractivity contribution in [2.45, 2.75) is 31.2 Å². The van der Waals surface area contributed by atoms with Gasteiger partial charge >= 0.3 is 0 Å². The van der Waals surface area contributed by atoms with Crippen LogP contribution in [-0.2, 0) is 0 Å². The number of halogens is 2. The van der Waals surface area contributed by atoms with Crippen LogP contribution in [0.5, 0.6) is 0 Å². The van der Waals surface area contributed by atoms with Crippen LogP contribution in [0.1, 0.15) is 36.0 Å². The lowest BCUT2D eigenvalue weighted by molar-refractivity contribution is 0.0838. The maximum Gasteiger partial charge on any atom is 0.252 e. The van der Waals surface area contributed by atoms with Gasteiger partial charge in [0.05, 0.1) is 12.1 Å². The van der Waals surface area contributed by atoms with Gasteiger partial charge in [-0.1, -0.05) is 36.0 Å². The van der Waals surface area contributed by atoms with Crippen molar-refractivity contribution in [3.05, 3.63) is 28.0 Å². The highest BCUT2D eigenvalue weighted by Crippen LogP contribution is 2.29. The van der Waals surface area contributed by atoms with Crippen LogP contribution in [0.15, 0.2) is 12.1 Å². The SMILES string of the molecule is O=C(NC1(CO)CCCC1)c1cc(Cl)nc(Cl)c1. The van der Waals surface area contributed by atoms with Crippen LogP contribution in [0, 0.1) is 0 Å². The van der Waals surface area contributed by atoms with Gasteiger partial charge in [0.25, 0.3) is 5.91 Å². The lowest BCUT2D eigenvalue weighted by atomic mass is 9.98. The molecule has 1 aliphatic carbocycles. The minimum Gasteiger partial charge on any atom is -0.394 e. The van der Waals surface area contributed by atoms with Crippen molar-refractivity contribution in [1.82, 2.24) is 10.3 Å². The summed E-state index contributed by atoms with van der Waals surface area (Å²) in [6.07, 6.45) is 3.61. The Morgan fingerprint density at radius 1 is 1.33 bits per heavy atom. The number of nitrogens with one attached hydrogen (secondary N) is 1. The van der Waals surface area contributed by atoms with Crippen molar-refractivity contribution < 1.29 is 9.90 Å². The molecule has 1 aliphatic rings. The third kappa shape index (κ3) is 2.94. The van der Waals surface area contributed by atoms with Crippen LogP contribution in [0.4, 0.5) is 0 Å². The molecule has 0 radical (unpaired) electrons. The summed E-state index contributed by atoms with van der Waals surface area (Å²) in [4.78, 5) is 15.9. The second-order valence-corrected chi connectivity index (χ2v) is 5.38. The van der Waals surface area contributed by atoms with Crippen LogP contribution >= 0.6 is 23.2 Å². The molecule has 0 spiro atoms. The predicted molar refractivity (Wildman–Crippen MR) is 70.0 cm³/mol. The van der Waals surface area contributed by atoms with Gasteiger partial charge in [-0.25, -0.2) is 4.98 Å². The average molecular weight is 289 g/mol. The van der Waals surface area contributed by atoms with Gasteiger partial charge in [-0.05, 0) is 25.0 Å². The normalized spacial score (nSPS) is 17.7. The molecule has 98 valence electrons. The molecule has 0 aliphatic heterocycles. The molecule has 1 saturated carbocycles. The van der Waals surface area contributed by atoms with E-state index < -0.39 is 5.54 Å². The molecule has 1 aromatic heterocycles. The molecule has 0 aromatic carbocycles. The largest absolute Gasteiger partial charge is 0.394 e. The molecule has 0 bridgehead atoms. The Labute approximate surface area is 115 Å². The minimum absolute atomic E-state index is 0.0503. The summed E-state index contributed by atoms with van der Waals surface area (Å²) < 4.78 is 0. The summed E-state index contributed by atoms with van der Waals surface area (Å²) in [5, 5.41) is 12.7. The number of aromatic nitrogens is 1. The molecular weight excluding hydrogens is 275 g/mol. The van der Waals surface area contributed by atoms with Gasteiger partial charge < -0.3 is 10.4 Å². The Hall–Kier alpha value is -0.840. The molecule has 1 fully saturated rings. The van der Waals surface area contributed by atoms with E-state index in [1.54, 1.807) is 0 Å². The topological polar surface area (TPSA) is 62.2 Å². The lowest BCUT2D eigenvalue weighted by Gasteiger charge is -2.28. The maximum atomic E-state index is 12.1. The summed E-state index contributed by atoms with van der Waals surface area (Å²) in [5.74, 6) is -0.280. The number of nitrogens with zero attached hydrogens (tertiary/aromatic N) is 1. The number of rotatable bonds is 3. The van der Waals surface area contributed by atoms with Crippen molar-refractivity contribution in [3.8, 4) is 0 Å². The zero-order valence-electron chi connectivity index (χ0n) is 9.75. The van der Waals surface area contributed by atoms with E-state index in [0.717, 1.165) is 25.7 Å². The number of hydrogen-bond acceptors (Lipinski definition) is 3. The third-order valence-electron chi connectivity index (χ3n) is 3.27. The molecule has 0 saturated heterocycles. The van der Waals surface area contributed by atoms with Gasteiger partial charge in [0, 0.05) is 5.56 Å². The second kappa shape index (κ2) is 5.43. The first-order valence-electron chi connectivity index (χ1n) is 5.81. The standard InChI is InChI=1S/C12H14Cl2N2O2/c13-9-5-8(6-10(14)15-9)11(18)16-12(7-17)3-1-2-4-12/h5-6,17H,1-4,7H2,(H,16,18). The fraction of sp³-hybridized carbons (Fsp3) is 0.500. The van der Waals surface area contributed by atoms with Crippen molar-refractivity contribution >= 4 is 29.1 Å². The number of aliphatic hydroxyl groups is 1. The van der Waals surface area contributed by atoms with Crippen molar-refractivity contribution in [2.24, 2.45) is 0 Å².